The maximum atomic E-state index is 11.8. The lowest BCUT2D eigenvalue weighted by Crippen LogP contribution is -2.26. The van der Waals surface area contributed by atoms with E-state index >= 15 is 0 Å². The summed E-state index contributed by atoms with van der Waals surface area (Å²) in [5.41, 5.74) is 4.34. The van der Waals surface area contributed by atoms with Gasteiger partial charge < -0.3 is 15.3 Å². The van der Waals surface area contributed by atoms with Crippen molar-refractivity contribution in [2.45, 2.75) is 12.5 Å². The van der Waals surface area contributed by atoms with Crippen molar-refractivity contribution < 1.29 is 9.90 Å². The number of rotatable bonds is 5. The summed E-state index contributed by atoms with van der Waals surface area (Å²) in [5.74, 6) is -0.198. The average Bonchev–Trinajstić information content (AvgIpc) is 3.20. The molecule has 2 N–H and O–H groups in total. The van der Waals surface area contributed by atoms with Crippen LogP contribution in [0.25, 0.3) is 6.08 Å². The zero-order chi connectivity index (χ0) is 16.2. The molecule has 1 aromatic heterocycles. The topological polar surface area (TPSA) is 52.6 Å². The fourth-order valence-electron chi connectivity index (χ4n) is 2.71. The number of fused-ring (bicyclic) bond motifs is 1. The number of hydrogen-bond acceptors (Lipinski definition) is 4. The highest BCUT2D eigenvalue weighted by molar-refractivity contribution is 7.08. The van der Waals surface area contributed by atoms with E-state index in [1.807, 2.05) is 35.0 Å². The Morgan fingerprint density at radius 3 is 3.13 bits per heavy atom. The maximum Gasteiger partial charge on any atom is 0.244 e. The zero-order valence-corrected chi connectivity index (χ0v) is 13.8. The molecule has 0 bridgehead atoms. The number of nitrogens with zero attached hydrogens (tertiary/aromatic N) is 1. The van der Waals surface area contributed by atoms with Gasteiger partial charge in [-0.3, -0.25) is 4.79 Å². The molecule has 0 saturated carbocycles. The van der Waals surface area contributed by atoms with Crippen LogP contribution in [0.3, 0.4) is 0 Å². The second-order valence-electron chi connectivity index (χ2n) is 5.71. The summed E-state index contributed by atoms with van der Waals surface area (Å²) in [6.45, 7) is 1.22. The highest BCUT2D eigenvalue weighted by atomic mass is 32.1. The number of nitrogens with one attached hydrogen (secondary N) is 1. The number of hydrogen-bond donors (Lipinski definition) is 2. The predicted octanol–water partition coefficient (Wildman–Crippen LogP) is 2.60. The number of anilines is 1. The van der Waals surface area contributed by atoms with Gasteiger partial charge in [0.1, 0.15) is 0 Å². The summed E-state index contributed by atoms with van der Waals surface area (Å²) in [6, 6.07) is 7.96. The van der Waals surface area contributed by atoms with Gasteiger partial charge in [0, 0.05) is 31.9 Å². The highest BCUT2D eigenvalue weighted by Gasteiger charge is 2.17. The molecular weight excluding hydrogens is 308 g/mol. The number of amides is 1. The molecule has 0 saturated heterocycles. The minimum absolute atomic E-state index is 0.198. The molecule has 1 amide bonds. The van der Waals surface area contributed by atoms with Crippen LogP contribution in [-0.4, -0.2) is 31.2 Å². The summed E-state index contributed by atoms with van der Waals surface area (Å²) >= 11 is 1.59. The quantitative estimate of drug-likeness (QED) is 0.830. The molecule has 120 valence electrons. The van der Waals surface area contributed by atoms with Crippen LogP contribution in [-0.2, 0) is 11.2 Å². The Labute approximate surface area is 140 Å². The Kier molecular flexibility index (Phi) is 4.79. The summed E-state index contributed by atoms with van der Waals surface area (Å²) in [7, 11) is 2.07. The molecule has 0 aliphatic carbocycles. The summed E-state index contributed by atoms with van der Waals surface area (Å²) in [6.07, 6.45) is 3.57. The monoisotopic (exact) mass is 328 g/mol. The van der Waals surface area contributed by atoms with Crippen molar-refractivity contribution in [3.63, 3.8) is 0 Å². The second-order valence-corrected chi connectivity index (χ2v) is 6.49. The van der Waals surface area contributed by atoms with E-state index < -0.39 is 6.10 Å². The maximum absolute atomic E-state index is 11.8. The number of carbonyl (C=O) groups excluding carboxylic acids is 1. The minimum Gasteiger partial charge on any atom is -0.387 e. The van der Waals surface area contributed by atoms with Gasteiger partial charge in [-0.05, 0) is 52.1 Å². The molecular formula is C18H20N2O2S. The van der Waals surface area contributed by atoms with Crippen LogP contribution >= 0.6 is 11.3 Å². The van der Waals surface area contributed by atoms with Gasteiger partial charge in [-0.2, -0.15) is 11.3 Å². The molecule has 23 heavy (non-hydrogen) atoms. The molecule has 0 radical (unpaired) electrons. The highest BCUT2D eigenvalue weighted by Crippen LogP contribution is 2.29. The molecule has 1 aromatic carbocycles. The van der Waals surface area contributed by atoms with Gasteiger partial charge in [-0.15, -0.1) is 0 Å². The summed E-state index contributed by atoms with van der Waals surface area (Å²) < 4.78 is 0. The lowest BCUT2D eigenvalue weighted by Gasteiger charge is -2.15. The second kappa shape index (κ2) is 6.98. The summed E-state index contributed by atoms with van der Waals surface area (Å²) in [4.78, 5) is 14.0. The molecule has 1 unspecified atom stereocenters. The normalized spacial score (nSPS) is 15.0. The van der Waals surface area contributed by atoms with E-state index in [9.17, 15) is 9.90 Å². The number of thiophene rings is 1. The first-order valence-electron chi connectivity index (χ1n) is 7.63. The number of likely N-dealkylation sites (N-methyl/N-ethyl adjacent to an activating group) is 1. The predicted molar refractivity (Wildman–Crippen MR) is 94.7 cm³/mol. The Morgan fingerprint density at radius 1 is 1.48 bits per heavy atom. The van der Waals surface area contributed by atoms with Gasteiger partial charge in [-0.25, -0.2) is 0 Å². The average molecular weight is 328 g/mol. The van der Waals surface area contributed by atoms with E-state index in [0.29, 0.717) is 0 Å². The summed E-state index contributed by atoms with van der Waals surface area (Å²) in [5, 5.41) is 16.9. The van der Waals surface area contributed by atoms with Crippen molar-refractivity contribution in [1.82, 2.24) is 5.32 Å². The Hall–Kier alpha value is -2.11. The van der Waals surface area contributed by atoms with Crippen molar-refractivity contribution in [2.75, 3.05) is 25.0 Å². The van der Waals surface area contributed by atoms with Crippen molar-refractivity contribution in [2.24, 2.45) is 0 Å². The lowest BCUT2D eigenvalue weighted by atomic mass is 10.0. The van der Waals surface area contributed by atoms with Crippen LogP contribution in [0.15, 0.2) is 41.1 Å². The number of aliphatic hydroxyl groups is 1. The van der Waals surface area contributed by atoms with Crippen molar-refractivity contribution in [3.05, 3.63) is 57.8 Å². The van der Waals surface area contributed by atoms with Crippen LogP contribution in [0.5, 0.6) is 0 Å². The van der Waals surface area contributed by atoms with E-state index in [4.69, 9.17) is 0 Å². The first-order valence-corrected chi connectivity index (χ1v) is 8.58. The largest absolute Gasteiger partial charge is 0.387 e. The fraction of sp³-hybridized carbons (Fsp3) is 0.278. The van der Waals surface area contributed by atoms with E-state index in [0.717, 1.165) is 24.1 Å². The third-order valence-corrected chi connectivity index (χ3v) is 4.76. The van der Waals surface area contributed by atoms with Gasteiger partial charge in [0.25, 0.3) is 0 Å². The third-order valence-electron chi connectivity index (χ3n) is 4.06. The molecule has 1 atom stereocenters. The number of carbonyl (C=O) groups is 1. The van der Waals surface area contributed by atoms with Crippen molar-refractivity contribution >= 4 is 29.0 Å². The van der Waals surface area contributed by atoms with Gasteiger partial charge in [0.15, 0.2) is 0 Å². The molecule has 4 nitrogen and oxygen atoms in total. The van der Waals surface area contributed by atoms with Crippen LogP contribution in [0.4, 0.5) is 5.69 Å². The van der Waals surface area contributed by atoms with Crippen LogP contribution in [0.2, 0.25) is 0 Å². The van der Waals surface area contributed by atoms with Gasteiger partial charge in [0.05, 0.1) is 6.10 Å². The molecule has 0 fully saturated rings. The molecule has 2 heterocycles. The van der Waals surface area contributed by atoms with Crippen LogP contribution in [0.1, 0.15) is 22.8 Å². The molecule has 2 aromatic rings. The van der Waals surface area contributed by atoms with E-state index in [1.54, 1.807) is 17.4 Å². The fourth-order valence-corrected chi connectivity index (χ4v) is 3.34. The first kappa shape index (κ1) is 15.8. The molecule has 1 aliphatic rings. The third kappa shape index (κ3) is 3.81. The van der Waals surface area contributed by atoms with Crippen LogP contribution < -0.4 is 10.2 Å². The molecule has 1 aliphatic heterocycles. The van der Waals surface area contributed by atoms with E-state index in [2.05, 4.69) is 17.3 Å². The number of benzene rings is 1. The molecule has 5 heteroatoms. The Morgan fingerprint density at radius 2 is 2.35 bits per heavy atom. The zero-order valence-electron chi connectivity index (χ0n) is 13.0. The van der Waals surface area contributed by atoms with Gasteiger partial charge in [-0.1, -0.05) is 12.1 Å². The van der Waals surface area contributed by atoms with E-state index in [-0.39, 0.29) is 12.5 Å². The first-order chi connectivity index (χ1) is 11.1. The van der Waals surface area contributed by atoms with Gasteiger partial charge in [0.2, 0.25) is 5.91 Å². The lowest BCUT2D eigenvalue weighted by molar-refractivity contribution is -0.116. The standard InChI is InChI=1S/C18H20N2O2S/c1-20-8-6-14-10-15(3-4-16(14)20)17(21)11-19-18(22)5-2-13-7-9-23-12-13/h2-5,7,9-10,12,17,21H,6,8,11H2,1H3,(H,19,22)/b5-2+. The molecule has 3 rings (SSSR count). The van der Waals surface area contributed by atoms with Crippen molar-refractivity contribution in [1.29, 1.82) is 0 Å². The van der Waals surface area contributed by atoms with Gasteiger partial charge >= 0.3 is 0 Å². The van der Waals surface area contributed by atoms with Crippen molar-refractivity contribution in [3.8, 4) is 0 Å². The molecule has 0 spiro atoms. The SMILES string of the molecule is CN1CCc2cc(C(O)CNC(=O)/C=C/c3ccsc3)ccc21. The smallest absolute Gasteiger partial charge is 0.244 e. The number of aliphatic hydroxyl groups excluding tert-OH is 1. The Balaban J connectivity index is 1.55. The van der Waals surface area contributed by atoms with Crippen LogP contribution in [0, 0.1) is 0 Å². The Bertz CT molecular complexity index is 710. The van der Waals surface area contributed by atoms with E-state index in [1.165, 1.54) is 17.3 Å². The minimum atomic E-state index is -0.690.